The summed E-state index contributed by atoms with van der Waals surface area (Å²) in [4.78, 5) is 13.9. The highest BCUT2D eigenvalue weighted by Gasteiger charge is 2.50. The molecule has 3 aromatic rings. The van der Waals surface area contributed by atoms with Crippen LogP contribution in [0.4, 0.5) is 5.69 Å². The van der Waals surface area contributed by atoms with Crippen molar-refractivity contribution in [3.05, 3.63) is 71.2 Å². The monoisotopic (exact) mass is 620 g/mol. The number of carbonyl (C=O) groups is 1. The van der Waals surface area contributed by atoms with Gasteiger partial charge in [0.2, 0.25) is 0 Å². The molecular formula is C33H38N3O7S+. The van der Waals surface area contributed by atoms with Crippen LogP contribution in [0.25, 0.3) is 16.6 Å². The molecule has 5 heterocycles. The number of allylic oxidation sites excluding steroid dienone is 1. The summed E-state index contributed by atoms with van der Waals surface area (Å²) >= 11 is 0. The van der Waals surface area contributed by atoms with Crippen molar-refractivity contribution in [3.63, 3.8) is 0 Å². The lowest BCUT2D eigenvalue weighted by molar-refractivity contribution is -0.679. The second-order valence-electron chi connectivity index (χ2n) is 12.5. The number of nitrogens with zero attached hydrogens (tertiary/aromatic N) is 3. The first kappa shape index (κ1) is 29.1. The molecule has 3 unspecified atom stereocenters. The Balaban J connectivity index is 1.41. The Kier molecular flexibility index (Phi) is 7.10. The molecule has 3 atom stereocenters. The maximum Gasteiger partial charge on any atom is 0.303 e. The number of aryl methyl sites for hydroxylation is 2. The van der Waals surface area contributed by atoms with Crippen LogP contribution in [0.5, 0.6) is 5.75 Å². The van der Waals surface area contributed by atoms with Crippen LogP contribution >= 0.6 is 0 Å². The van der Waals surface area contributed by atoms with E-state index in [1.165, 1.54) is 16.9 Å². The third-order valence-corrected chi connectivity index (χ3v) is 10.6. The lowest BCUT2D eigenvalue weighted by Crippen LogP contribution is -2.49. The summed E-state index contributed by atoms with van der Waals surface area (Å²) in [5.74, 6) is 0.579. The van der Waals surface area contributed by atoms with Gasteiger partial charge in [0.25, 0.3) is 15.9 Å². The zero-order valence-electron chi connectivity index (χ0n) is 25.0. The normalized spacial score (nSPS) is 23.9. The molecule has 0 amide bonds. The van der Waals surface area contributed by atoms with Gasteiger partial charge >= 0.3 is 5.97 Å². The van der Waals surface area contributed by atoms with Gasteiger partial charge in [0, 0.05) is 54.2 Å². The fraction of sp³-hybridized carbons (Fsp3) is 0.455. The first-order valence-corrected chi connectivity index (χ1v) is 17.0. The van der Waals surface area contributed by atoms with Gasteiger partial charge in [-0.3, -0.25) is 9.35 Å². The fourth-order valence-corrected chi connectivity index (χ4v) is 8.45. The number of hydrogen-bond acceptors (Lipinski definition) is 6. The molecule has 4 aliphatic rings. The third kappa shape index (κ3) is 4.72. The van der Waals surface area contributed by atoms with E-state index in [0.29, 0.717) is 25.1 Å². The molecule has 0 radical (unpaired) electrons. The molecule has 4 aliphatic heterocycles. The van der Waals surface area contributed by atoms with Crippen molar-refractivity contribution in [2.75, 3.05) is 24.3 Å². The van der Waals surface area contributed by atoms with Crippen LogP contribution in [0, 0.1) is 0 Å². The molecule has 11 heteroatoms. The van der Waals surface area contributed by atoms with Crippen molar-refractivity contribution < 1.29 is 36.9 Å². The van der Waals surface area contributed by atoms with Gasteiger partial charge in [0.1, 0.15) is 5.75 Å². The van der Waals surface area contributed by atoms with Gasteiger partial charge in [0.15, 0.2) is 11.0 Å². The second kappa shape index (κ2) is 10.7. The topological polar surface area (TPSA) is 122 Å². The zero-order valence-corrected chi connectivity index (χ0v) is 25.8. The van der Waals surface area contributed by atoms with Crippen LogP contribution in [-0.4, -0.2) is 60.2 Å². The lowest BCUT2D eigenvalue weighted by Gasteiger charge is -2.42. The Morgan fingerprint density at radius 3 is 2.75 bits per heavy atom. The minimum absolute atomic E-state index is 0.0629. The largest absolute Gasteiger partial charge is 0.497 e. The standard InChI is InChI=1S/C33H37N3O7S/c1-33(14-5-9-30(37)38)24-7-3-4-8-25(24)34-16-12-28-22(31(33)34)20-23-29(43-28)13-17-36-26-11-10-21(42-2)19-27(26)35(32(23)36)15-6-18-44(39,40)41/h3-4,7-8,10-11,19-20,28-29H,5-6,9,12-18H2,1-2H3,(H-,37,38,39,40,41)/p+1. The van der Waals surface area contributed by atoms with Crippen LogP contribution < -0.4 is 14.2 Å². The molecule has 2 N–H and O–H groups in total. The van der Waals surface area contributed by atoms with Gasteiger partial charge in [-0.05, 0) is 56.0 Å². The number of methoxy groups -OCH3 is 1. The van der Waals surface area contributed by atoms with E-state index in [4.69, 9.17) is 9.47 Å². The fourth-order valence-electron chi connectivity index (χ4n) is 7.96. The molecule has 0 spiro atoms. The first-order valence-electron chi connectivity index (χ1n) is 15.4. The quantitative estimate of drug-likeness (QED) is 0.266. The number of aromatic nitrogens is 2. The summed E-state index contributed by atoms with van der Waals surface area (Å²) in [5, 5.41) is 9.42. The summed E-state index contributed by atoms with van der Waals surface area (Å²) in [6.45, 7) is 4.23. The summed E-state index contributed by atoms with van der Waals surface area (Å²) in [5.41, 5.74) is 7.39. The number of ether oxygens (including phenoxy) is 2. The maximum absolute atomic E-state index is 11.6. The SMILES string of the molecule is COc1ccc2c(c1)n(CCCS(=O)(=O)O)c1[n+]2CCC2OC3CCN4C(=C3C=C12)C(C)(CCCC(=O)O)c1ccccc14. The number of carboxylic acid groups (broad SMARTS) is 1. The van der Waals surface area contributed by atoms with E-state index >= 15 is 0 Å². The van der Waals surface area contributed by atoms with Crippen molar-refractivity contribution in [2.24, 2.45) is 0 Å². The lowest BCUT2D eigenvalue weighted by atomic mass is 9.74. The molecule has 1 aromatic heterocycles. The smallest absolute Gasteiger partial charge is 0.303 e. The zero-order chi connectivity index (χ0) is 30.8. The van der Waals surface area contributed by atoms with Crippen LogP contribution in [0.15, 0.2) is 59.8 Å². The Hall–Kier alpha value is -3.67. The number of imidazole rings is 1. The number of fused-ring (bicyclic) bond motifs is 9. The van der Waals surface area contributed by atoms with Crippen molar-refractivity contribution in [3.8, 4) is 5.75 Å². The minimum Gasteiger partial charge on any atom is -0.497 e. The van der Waals surface area contributed by atoms with Crippen LogP contribution in [0.1, 0.15) is 56.8 Å². The summed E-state index contributed by atoms with van der Waals surface area (Å²) in [7, 11) is -2.47. The van der Waals surface area contributed by atoms with Crippen molar-refractivity contribution in [2.45, 2.75) is 76.2 Å². The highest BCUT2D eigenvalue weighted by molar-refractivity contribution is 7.85. The summed E-state index contributed by atoms with van der Waals surface area (Å²) in [6, 6.07) is 14.4. The predicted molar refractivity (Wildman–Crippen MR) is 165 cm³/mol. The predicted octanol–water partition coefficient (Wildman–Crippen LogP) is 4.46. The van der Waals surface area contributed by atoms with E-state index in [2.05, 4.69) is 51.3 Å². The maximum atomic E-state index is 11.6. The number of rotatable bonds is 9. The van der Waals surface area contributed by atoms with Gasteiger partial charge in [-0.2, -0.15) is 8.42 Å². The van der Waals surface area contributed by atoms with Gasteiger partial charge in [0.05, 0.1) is 43.7 Å². The molecule has 0 saturated heterocycles. The van der Waals surface area contributed by atoms with E-state index in [1.54, 1.807) is 7.11 Å². The van der Waals surface area contributed by atoms with E-state index < -0.39 is 16.1 Å². The Labute approximate surface area is 256 Å². The van der Waals surface area contributed by atoms with E-state index in [9.17, 15) is 22.9 Å². The van der Waals surface area contributed by atoms with Crippen molar-refractivity contribution in [1.29, 1.82) is 0 Å². The Morgan fingerprint density at radius 2 is 1.98 bits per heavy atom. The average Bonchev–Trinajstić information content (AvgIpc) is 3.45. The van der Waals surface area contributed by atoms with Crippen molar-refractivity contribution in [1.82, 2.24) is 4.57 Å². The second-order valence-corrected chi connectivity index (χ2v) is 14.0. The number of carboxylic acids is 1. The van der Waals surface area contributed by atoms with Gasteiger partial charge in [-0.1, -0.05) is 18.2 Å². The third-order valence-electron chi connectivity index (χ3n) is 9.80. The molecule has 0 bridgehead atoms. The molecule has 44 heavy (non-hydrogen) atoms. The molecule has 10 nitrogen and oxygen atoms in total. The van der Waals surface area contributed by atoms with E-state index in [0.717, 1.165) is 53.9 Å². The molecule has 0 saturated carbocycles. The van der Waals surface area contributed by atoms with E-state index in [1.807, 2.05) is 18.2 Å². The van der Waals surface area contributed by atoms with Gasteiger partial charge in [-0.25, -0.2) is 9.13 Å². The van der Waals surface area contributed by atoms with Crippen LogP contribution in [-0.2, 0) is 38.2 Å². The average molecular weight is 621 g/mol. The molecule has 0 fully saturated rings. The number of benzene rings is 2. The molecular weight excluding hydrogens is 582 g/mol. The van der Waals surface area contributed by atoms with Gasteiger partial charge < -0.3 is 19.5 Å². The van der Waals surface area contributed by atoms with Crippen molar-refractivity contribution >= 4 is 38.4 Å². The number of anilines is 1. The van der Waals surface area contributed by atoms with Gasteiger partial charge in [-0.15, -0.1) is 0 Å². The minimum atomic E-state index is -4.10. The highest BCUT2D eigenvalue weighted by atomic mass is 32.2. The highest BCUT2D eigenvalue weighted by Crippen LogP contribution is 2.55. The summed E-state index contributed by atoms with van der Waals surface area (Å²) in [6.07, 6.45) is 5.47. The van der Waals surface area contributed by atoms with E-state index in [-0.39, 0.29) is 36.2 Å². The Morgan fingerprint density at radius 1 is 1.16 bits per heavy atom. The number of para-hydroxylation sites is 1. The molecule has 0 aliphatic carbocycles. The van der Waals surface area contributed by atoms with Crippen LogP contribution in [0.3, 0.4) is 0 Å². The number of hydrogen-bond donors (Lipinski definition) is 2. The summed E-state index contributed by atoms with van der Waals surface area (Å²) < 4.78 is 49.6. The number of aliphatic carboxylic acids is 1. The molecule has 7 rings (SSSR count). The Bertz CT molecular complexity index is 1840. The first-order chi connectivity index (χ1) is 21.1. The molecule has 232 valence electrons. The molecule has 2 aromatic carbocycles. The van der Waals surface area contributed by atoms with Crippen LogP contribution in [0.2, 0.25) is 0 Å².